The minimum atomic E-state index is -0.978. The van der Waals surface area contributed by atoms with Crippen molar-refractivity contribution in [1.29, 1.82) is 5.26 Å². The van der Waals surface area contributed by atoms with Crippen LogP contribution in [0.15, 0.2) is 36.4 Å². The van der Waals surface area contributed by atoms with Crippen LogP contribution < -0.4 is 0 Å². The van der Waals surface area contributed by atoms with Crippen molar-refractivity contribution in [3.63, 3.8) is 0 Å². The van der Waals surface area contributed by atoms with Gasteiger partial charge in [-0.15, -0.1) is 0 Å². The van der Waals surface area contributed by atoms with Crippen molar-refractivity contribution in [1.82, 2.24) is 0 Å². The molecule has 0 saturated heterocycles. The van der Waals surface area contributed by atoms with Gasteiger partial charge in [-0.05, 0) is 43.2 Å². The minimum Gasteiger partial charge on any atom is -0.375 e. The molecule has 0 aliphatic rings. The van der Waals surface area contributed by atoms with Gasteiger partial charge in [0.25, 0.3) is 0 Å². The third-order valence-corrected chi connectivity index (χ3v) is 4.55. The maximum absolute atomic E-state index is 12.3. The molecule has 0 aliphatic carbocycles. The molecule has 2 aromatic rings. The van der Waals surface area contributed by atoms with Crippen molar-refractivity contribution in [3.8, 4) is 6.07 Å². The van der Waals surface area contributed by atoms with Gasteiger partial charge in [0.15, 0.2) is 0 Å². The van der Waals surface area contributed by atoms with Crippen molar-refractivity contribution in [3.05, 3.63) is 47.5 Å². The molecule has 116 valence electrons. The fourth-order valence-electron chi connectivity index (χ4n) is 2.27. The summed E-state index contributed by atoms with van der Waals surface area (Å²) in [6.45, 7) is 6.46. The summed E-state index contributed by atoms with van der Waals surface area (Å²) >= 11 is 0. The predicted octanol–water partition coefficient (Wildman–Crippen LogP) is 3.78. The zero-order valence-electron chi connectivity index (χ0n) is 13.3. The van der Waals surface area contributed by atoms with Crippen molar-refractivity contribution in [2.24, 2.45) is 0 Å². The maximum Gasteiger partial charge on any atom is 0.0998 e. The summed E-state index contributed by atoms with van der Waals surface area (Å²) in [6.07, 6.45) is 0. The number of hydrogen-bond donors (Lipinski definition) is 0. The molecule has 22 heavy (non-hydrogen) atoms. The first-order valence-electron chi connectivity index (χ1n) is 7.30. The quantitative estimate of drug-likeness (QED) is 0.844. The van der Waals surface area contributed by atoms with E-state index in [4.69, 9.17) is 4.74 Å². The second kappa shape index (κ2) is 7.04. The van der Waals surface area contributed by atoms with Crippen molar-refractivity contribution >= 4 is 21.6 Å². The first-order valence-corrected chi connectivity index (χ1v) is 8.79. The Morgan fingerprint density at radius 2 is 1.82 bits per heavy atom. The molecule has 1 atom stereocenters. The van der Waals surface area contributed by atoms with E-state index in [1.807, 2.05) is 51.1 Å². The van der Waals surface area contributed by atoms with Gasteiger partial charge in [-0.2, -0.15) is 5.26 Å². The molecule has 1 unspecified atom stereocenters. The molecule has 0 aromatic heterocycles. The highest BCUT2D eigenvalue weighted by Crippen LogP contribution is 2.23. The van der Waals surface area contributed by atoms with E-state index < -0.39 is 10.8 Å². The highest BCUT2D eigenvalue weighted by atomic mass is 32.2. The third-order valence-electron chi connectivity index (χ3n) is 3.30. The van der Waals surface area contributed by atoms with Crippen LogP contribution in [0.3, 0.4) is 0 Å². The Balaban J connectivity index is 2.12. The number of fused-ring (bicyclic) bond motifs is 1. The monoisotopic (exact) mass is 315 g/mol. The Bertz CT molecular complexity index is 726. The Labute approximate surface area is 134 Å². The number of nitrogens with zero attached hydrogens (tertiary/aromatic N) is 1. The zero-order valence-corrected chi connectivity index (χ0v) is 14.1. The molecule has 2 rings (SSSR count). The van der Waals surface area contributed by atoms with Crippen LogP contribution in [0.5, 0.6) is 0 Å². The lowest BCUT2D eigenvalue weighted by atomic mass is 10.0. The van der Waals surface area contributed by atoms with E-state index >= 15 is 0 Å². The lowest BCUT2D eigenvalue weighted by Gasteiger charge is -2.19. The van der Waals surface area contributed by atoms with E-state index in [0.29, 0.717) is 23.7 Å². The van der Waals surface area contributed by atoms with Crippen molar-refractivity contribution < 1.29 is 8.95 Å². The number of benzene rings is 2. The first-order chi connectivity index (χ1) is 10.4. The fraction of sp³-hybridized carbons (Fsp3) is 0.389. The largest absolute Gasteiger partial charge is 0.375 e. The molecule has 3 nitrogen and oxygen atoms in total. The van der Waals surface area contributed by atoms with Crippen LogP contribution in [0.25, 0.3) is 10.8 Å². The van der Waals surface area contributed by atoms with Gasteiger partial charge in [0, 0.05) is 22.3 Å². The summed E-state index contributed by atoms with van der Waals surface area (Å²) < 4.78 is 17.9. The molecule has 4 heteroatoms. The maximum atomic E-state index is 12.3. The molecule has 0 N–H and O–H groups in total. The second-order valence-electron chi connectivity index (χ2n) is 6.18. The highest BCUT2D eigenvalue weighted by Gasteiger charge is 2.12. The second-order valence-corrected chi connectivity index (χ2v) is 7.76. The molecule has 0 fully saturated rings. The summed E-state index contributed by atoms with van der Waals surface area (Å²) in [7, 11) is -0.978. The molecule has 0 spiro atoms. The Morgan fingerprint density at radius 1 is 1.14 bits per heavy atom. The van der Waals surface area contributed by atoms with E-state index in [1.54, 1.807) is 6.07 Å². The van der Waals surface area contributed by atoms with Crippen molar-refractivity contribution in [2.75, 3.05) is 12.4 Å². The van der Waals surface area contributed by atoms with E-state index in [9.17, 15) is 9.47 Å². The Kier molecular flexibility index (Phi) is 5.33. The average molecular weight is 315 g/mol. The third kappa shape index (κ3) is 4.40. The van der Waals surface area contributed by atoms with Gasteiger partial charge in [0.05, 0.1) is 23.8 Å². The van der Waals surface area contributed by atoms with Gasteiger partial charge in [-0.25, -0.2) is 0 Å². The van der Waals surface area contributed by atoms with Crippen LogP contribution >= 0.6 is 0 Å². The average Bonchev–Trinajstić information content (AvgIpc) is 2.46. The fourth-order valence-corrected chi connectivity index (χ4v) is 3.28. The first kappa shape index (κ1) is 16.7. The van der Waals surface area contributed by atoms with Gasteiger partial charge in [0.2, 0.25) is 0 Å². The molecular formula is C18H21NO2S. The minimum absolute atomic E-state index is 0.203. The molecule has 0 bridgehead atoms. The van der Waals surface area contributed by atoms with Gasteiger partial charge < -0.3 is 4.74 Å². The van der Waals surface area contributed by atoms with Gasteiger partial charge in [-0.3, -0.25) is 4.21 Å². The van der Waals surface area contributed by atoms with Crippen LogP contribution in [-0.4, -0.2) is 22.2 Å². The SMILES string of the molecule is CC(C)(C)OCCS(=O)Cc1ccc(C#N)c2ccccc12. The Hall–Kier alpha value is -1.70. The van der Waals surface area contributed by atoms with E-state index in [1.165, 1.54) is 0 Å². The summed E-state index contributed by atoms with van der Waals surface area (Å²) in [6, 6.07) is 13.7. The topological polar surface area (TPSA) is 50.1 Å². The number of rotatable bonds is 5. The van der Waals surface area contributed by atoms with Crippen molar-refractivity contribution in [2.45, 2.75) is 32.1 Å². The van der Waals surface area contributed by atoms with E-state index in [-0.39, 0.29) is 5.60 Å². The zero-order chi connectivity index (χ0) is 16.2. The standard InChI is InChI=1S/C18H21NO2S/c1-18(2,3)21-10-11-22(20)13-15-9-8-14(12-19)16-6-4-5-7-17(15)16/h4-9H,10-11,13H2,1-3H3. The molecule has 2 aromatic carbocycles. The Morgan fingerprint density at radius 3 is 2.45 bits per heavy atom. The molecule has 0 saturated carbocycles. The van der Waals surface area contributed by atoms with Crippen LogP contribution in [0.1, 0.15) is 31.9 Å². The number of hydrogen-bond acceptors (Lipinski definition) is 3. The van der Waals surface area contributed by atoms with Crippen LogP contribution in [0, 0.1) is 11.3 Å². The molecule has 0 heterocycles. The van der Waals surface area contributed by atoms with Crippen LogP contribution in [0.4, 0.5) is 0 Å². The molecule has 0 aliphatic heterocycles. The highest BCUT2D eigenvalue weighted by molar-refractivity contribution is 7.84. The summed E-state index contributed by atoms with van der Waals surface area (Å²) in [5.41, 5.74) is 1.47. The molecular weight excluding hydrogens is 294 g/mol. The lowest BCUT2D eigenvalue weighted by Crippen LogP contribution is -2.22. The van der Waals surface area contributed by atoms with Crippen LogP contribution in [0.2, 0.25) is 0 Å². The summed E-state index contributed by atoms with van der Waals surface area (Å²) in [5.74, 6) is 1.01. The van der Waals surface area contributed by atoms with Gasteiger partial charge in [0.1, 0.15) is 0 Å². The van der Waals surface area contributed by atoms with E-state index in [2.05, 4.69) is 6.07 Å². The predicted molar refractivity (Wildman–Crippen MR) is 91.1 cm³/mol. The van der Waals surface area contributed by atoms with E-state index in [0.717, 1.165) is 16.3 Å². The van der Waals surface area contributed by atoms with Crippen LogP contribution in [-0.2, 0) is 21.3 Å². The van der Waals surface area contributed by atoms with Gasteiger partial charge >= 0.3 is 0 Å². The summed E-state index contributed by atoms with van der Waals surface area (Å²) in [5, 5.41) is 11.1. The number of ether oxygens (including phenoxy) is 1. The summed E-state index contributed by atoms with van der Waals surface area (Å²) in [4.78, 5) is 0. The molecule has 0 radical (unpaired) electrons. The normalized spacial score (nSPS) is 13.0. The lowest BCUT2D eigenvalue weighted by molar-refractivity contribution is 0.00668. The number of nitriles is 1. The molecule has 0 amide bonds. The smallest absolute Gasteiger partial charge is 0.0998 e. The van der Waals surface area contributed by atoms with Gasteiger partial charge in [-0.1, -0.05) is 30.3 Å².